The van der Waals surface area contributed by atoms with E-state index in [1.165, 1.54) is 0 Å². The Morgan fingerprint density at radius 1 is 1.86 bits per heavy atom. The van der Waals surface area contributed by atoms with Crippen molar-refractivity contribution in [2.75, 3.05) is 0 Å². The molecule has 1 atom stereocenters. The fourth-order valence-electron chi connectivity index (χ4n) is 0.296. The van der Waals surface area contributed by atoms with Gasteiger partial charge in [0.25, 0.3) is 0 Å². The Labute approximate surface area is 62.1 Å². The molecule has 0 amide bonds. The first kappa shape index (κ1) is 6.09. The van der Waals surface area contributed by atoms with E-state index in [9.17, 15) is 0 Å². The molecule has 1 aliphatic heterocycles. The second-order valence-electron chi connectivity index (χ2n) is 1.05. The summed E-state index contributed by atoms with van der Waals surface area (Å²) >= 11 is 2.66. The van der Waals surface area contributed by atoms with Gasteiger partial charge in [-0.25, -0.2) is 0 Å². The molecule has 0 aromatic rings. The van der Waals surface area contributed by atoms with Gasteiger partial charge in [0, 0.05) is 0 Å². The van der Waals surface area contributed by atoms with Gasteiger partial charge in [-0.2, -0.15) is 0 Å². The molecule has 4 heteroatoms. The molecule has 1 rings (SSSR count). The summed E-state index contributed by atoms with van der Waals surface area (Å²) in [5, 5.41) is 0. The van der Waals surface area contributed by atoms with Crippen LogP contribution in [0.5, 0.6) is 0 Å². The SMILES string of the molecule is I[I-]C1C=CON1. The summed E-state index contributed by atoms with van der Waals surface area (Å²) in [4.78, 5) is 4.74. The molecule has 1 unspecified atom stereocenters. The maximum absolute atomic E-state index is 4.74. The predicted octanol–water partition coefficient (Wildman–Crippen LogP) is -2.20. The molecule has 0 aromatic carbocycles. The van der Waals surface area contributed by atoms with Gasteiger partial charge in [-0.05, 0) is 0 Å². The van der Waals surface area contributed by atoms with E-state index in [0.717, 1.165) is 0 Å². The molecule has 2 nitrogen and oxygen atoms in total. The molecule has 1 heterocycles. The number of nitrogens with one attached hydrogen (secondary N) is 1. The van der Waals surface area contributed by atoms with Crippen molar-refractivity contribution in [3.63, 3.8) is 0 Å². The Morgan fingerprint density at radius 2 is 2.71 bits per heavy atom. The number of hydroxylamine groups is 1. The molecular formula is C3H4I2NO-. The third kappa shape index (κ3) is 1.73. The molecule has 7 heavy (non-hydrogen) atoms. The number of alkyl halides is 1. The van der Waals surface area contributed by atoms with Gasteiger partial charge < -0.3 is 0 Å². The predicted molar refractivity (Wildman–Crippen MR) is 31.2 cm³/mol. The topological polar surface area (TPSA) is 21.3 Å². The number of rotatable bonds is 1. The molecule has 0 spiro atoms. The minimum absolute atomic E-state index is 0.251. The van der Waals surface area contributed by atoms with Crippen molar-refractivity contribution in [1.29, 1.82) is 0 Å². The van der Waals surface area contributed by atoms with Gasteiger partial charge in [0.15, 0.2) is 0 Å². The summed E-state index contributed by atoms with van der Waals surface area (Å²) in [7, 11) is 0. The van der Waals surface area contributed by atoms with Crippen molar-refractivity contribution in [2.45, 2.75) is 4.05 Å². The molecule has 0 fully saturated rings. The van der Waals surface area contributed by atoms with Crippen LogP contribution in [-0.2, 0) is 4.84 Å². The van der Waals surface area contributed by atoms with E-state index in [1.54, 1.807) is 6.26 Å². The zero-order valence-electron chi connectivity index (χ0n) is 3.40. The van der Waals surface area contributed by atoms with Crippen molar-refractivity contribution in [3.05, 3.63) is 12.3 Å². The Bertz CT molecular complexity index is 85.0. The fraction of sp³-hybridized carbons (Fsp3) is 0.333. The van der Waals surface area contributed by atoms with Crippen LogP contribution in [0, 0.1) is 0 Å². The van der Waals surface area contributed by atoms with Crippen LogP contribution in [0.15, 0.2) is 12.3 Å². The maximum atomic E-state index is 4.74. The van der Waals surface area contributed by atoms with E-state index < -0.39 is 0 Å². The summed E-state index contributed by atoms with van der Waals surface area (Å²) in [6.45, 7) is 0. The summed E-state index contributed by atoms with van der Waals surface area (Å²) < 4.78 is 0.541. The molecule has 0 saturated carbocycles. The van der Waals surface area contributed by atoms with Gasteiger partial charge in [-0.15, -0.1) is 0 Å². The monoisotopic (exact) mass is 324 g/mol. The zero-order valence-corrected chi connectivity index (χ0v) is 7.71. The minimum atomic E-state index is 0.251. The van der Waals surface area contributed by atoms with E-state index in [4.69, 9.17) is 4.84 Å². The van der Waals surface area contributed by atoms with Gasteiger partial charge in [0.05, 0.1) is 0 Å². The number of hydrogen-bond acceptors (Lipinski definition) is 2. The van der Waals surface area contributed by atoms with Crippen molar-refractivity contribution in [2.24, 2.45) is 0 Å². The summed E-state index contributed by atoms with van der Waals surface area (Å²) in [5.74, 6) is 0. The fourth-order valence-corrected chi connectivity index (χ4v) is 2.56. The van der Waals surface area contributed by atoms with Gasteiger partial charge in [0.1, 0.15) is 0 Å². The third-order valence-electron chi connectivity index (χ3n) is 0.585. The Kier molecular flexibility index (Phi) is 2.68. The van der Waals surface area contributed by atoms with Crippen LogP contribution in [0.1, 0.15) is 0 Å². The first-order chi connectivity index (χ1) is 3.43. The molecule has 0 bridgehead atoms. The number of halogens is 2. The van der Waals surface area contributed by atoms with Crippen LogP contribution in [0.25, 0.3) is 0 Å². The van der Waals surface area contributed by atoms with Crippen LogP contribution >= 0.6 is 18.6 Å². The second-order valence-corrected chi connectivity index (χ2v) is 6.02. The van der Waals surface area contributed by atoms with Crippen molar-refractivity contribution in [1.82, 2.24) is 5.48 Å². The Balaban J connectivity index is 2.28. The standard InChI is InChI=1S/C3H4I2NO/c4-5-3-1-2-7-6-3/h1-3,6H/q-1. The molecule has 1 N–H and O–H groups in total. The summed E-state index contributed by atoms with van der Waals surface area (Å²) in [6.07, 6.45) is 3.74. The second kappa shape index (κ2) is 3.08. The Morgan fingerprint density at radius 3 is 3.00 bits per heavy atom. The summed E-state index contributed by atoms with van der Waals surface area (Å²) in [5.41, 5.74) is 2.84. The number of hydrogen-bond donors (Lipinski definition) is 1. The van der Waals surface area contributed by atoms with Gasteiger partial charge >= 0.3 is 62.6 Å². The third-order valence-corrected chi connectivity index (χ3v) is 5.16. The first-order valence-electron chi connectivity index (χ1n) is 1.76. The molecular weight excluding hydrogens is 320 g/mol. The normalized spacial score (nSPS) is 28.4. The molecule has 0 aromatic heterocycles. The van der Waals surface area contributed by atoms with Crippen LogP contribution in [0.2, 0.25) is 0 Å². The summed E-state index contributed by atoms with van der Waals surface area (Å²) in [6, 6.07) is 0. The van der Waals surface area contributed by atoms with Crippen molar-refractivity contribution in [3.8, 4) is 0 Å². The van der Waals surface area contributed by atoms with Crippen molar-refractivity contribution < 1.29 is 22.1 Å². The van der Waals surface area contributed by atoms with Gasteiger partial charge in [-0.1, -0.05) is 0 Å². The van der Waals surface area contributed by atoms with Crippen LogP contribution in [-0.4, -0.2) is 4.05 Å². The Hall–Kier alpha value is 0.960. The molecule has 0 radical (unpaired) electrons. The van der Waals surface area contributed by atoms with Gasteiger partial charge in [-0.3, -0.25) is 0 Å². The van der Waals surface area contributed by atoms with E-state index in [1.807, 2.05) is 6.08 Å². The molecule has 0 saturated heterocycles. The van der Waals surface area contributed by atoms with Crippen LogP contribution < -0.4 is 22.7 Å². The van der Waals surface area contributed by atoms with Crippen molar-refractivity contribution >= 4 is 18.6 Å². The molecule has 1 aliphatic rings. The average molecular weight is 324 g/mol. The molecule has 42 valence electrons. The first-order valence-corrected chi connectivity index (χ1v) is 9.29. The van der Waals surface area contributed by atoms with E-state index in [-0.39, 0.29) is 17.2 Å². The van der Waals surface area contributed by atoms with E-state index in [2.05, 4.69) is 24.1 Å². The zero-order chi connectivity index (χ0) is 5.11. The van der Waals surface area contributed by atoms with E-state index >= 15 is 0 Å². The van der Waals surface area contributed by atoms with Gasteiger partial charge in [0.2, 0.25) is 0 Å². The molecule has 0 aliphatic carbocycles. The average Bonchev–Trinajstić information content (AvgIpc) is 2.14. The van der Waals surface area contributed by atoms with E-state index in [0.29, 0.717) is 4.05 Å². The van der Waals surface area contributed by atoms with Crippen LogP contribution in [0.3, 0.4) is 0 Å². The quantitative estimate of drug-likeness (QED) is 0.336. The van der Waals surface area contributed by atoms with Crippen LogP contribution in [0.4, 0.5) is 0 Å².